The van der Waals surface area contributed by atoms with Gasteiger partial charge in [0, 0.05) is 12.7 Å². The maximum Gasteiger partial charge on any atom is 0.324 e. The normalized spacial score (nSPS) is 21.6. The second-order valence-electron chi connectivity index (χ2n) is 4.50. The highest BCUT2D eigenvalue weighted by molar-refractivity contribution is 7.17. The van der Waals surface area contributed by atoms with E-state index in [1.54, 1.807) is 0 Å². The van der Waals surface area contributed by atoms with E-state index in [1.165, 1.54) is 12.1 Å². The molecule has 1 aromatic rings. The van der Waals surface area contributed by atoms with E-state index in [2.05, 4.69) is 5.32 Å². The van der Waals surface area contributed by atoms with Gasteiger partial charge in [0.15, 0.2) is 0 Å². The number of rotatable bonds is 5. The first-order valence-electron chi connectivity index (χ1n) is 5.78. The Morgan fingerprint density at radius 1 is 1.55 bits per heavy atom. The molecule has 2 heterocycles. The van der Waals surface area contributed by atoms with Gasteiger partial charge in [0.1, 0.15) is 0 Å². The molecule has 0 aliphatic carbocycles. The Balaban J connectivity index is 2.11. The van der Waals surface area contributed by atoms with Crippen molar-refractivity contribution in [2.75, 3.05) is 13.2 Å². The predicted octanol–water partition coefficient (Wildman–Crippen LogP) is 1.02. The second-order valence-corrected chi connectivity index (χ2v) is 5.56. The van der Waals surface area contributed by atoms with E-state index in [1.807, 2.05) is 0 Å². The minimum absolute atomic E-state index is 0.124. The number of carboxylic acid groups (broad SMARTS) is 1. The van der Waals surface area contributed by atoms with Crippen LogP contribution in [0.15, 0.2) is 12.1 Å². The molecular formula is C11H12N2O6S. The van der Waals surface area contributed by atoms with Crippen LogP contribution in [0.2, 0.25) is 0 Å². The van der Waals surface area contributed by atoms with Gasteiger partial charge < -0.3 is 15.2 Å². The van der Waals surface area contributed by atoms with E-state index in [0.29, 0.717) is 13.0 Å². The first-order chi connectivity index (χ1) is 9.42. The molecule has 1 aliphatic rings. The quantitative estimate of drug-likeness (QED) is 0.619. The maximum atomic E-state index is 12.1. The van der Waals surface area contributed by atoms with Crippen molar-refractivity contribution in [1.29, 1.82) is 0 Å². The minimum atomic E-state index is -1.03. The van der Waals surface area contributed by atoms with Crippen LogP contribution in [0, 0.1) is 10.1 Å². The van der Waals surface area contributed by atoms with E-state index in [-0.39, 0.29) is 22.9 Å². The number of thiophene rings is 1. The molecule has 20 heavy (non-hydrogen) atoms. The van der Waals surface area contributed by atoms with Crippen molar-refractivity contribution < 1.29 is 24.4 Å². The van der Waals surface area contributed by atoms with Gasteiger partial charge in [-0.1, -0.05) is 11.3 Å². The van der Waals surface area contributed by atoms with Crippen molar-refractivity contribution in [3.63, 3.8) is 0 Å². The van der Waals surface area contributed by atoms with Crippen LogP contribution in [-0.4, -0.2) is 40.7 Å². The first-order valence-corrected chi connectivity index (χ1v) is 6.60. The standard InChI is InChI=1S/C11H12N2O6S/c14-9(15)5-11(3-4-19-6-11)12-10(16)7-1-2-8(20-7)13(17)18/h1-2H,3-6H2,(H,12,16)(H,14,15). The molecule has 1 fully saturated rings. The van der Waals surface area contributed by atoms with Crippen LogP contribution in [0.3, 0.4) is 0 Å². The molecule has 9 heteroatoms. The maximum absolute atomic E-state index is 12.1. The van der Waals surface area contributed by atoms with Crippen molar-refractivity contribution in [2.45, 2.75) is 18.4 Å². The largest absolute Gasteiger partial charge is 0.481 e. The van der Waals surface area contributed by atoms with Crippen molar-refractivity contribution in [1.82, 2.24) is 5.32 Å². The van der Waals surface area contributed by atoms with Crippen molar-refractivity contribution in [2.24, 2.45) is 0 Å². The zero-order valence-corrected chi connectivity index (χ0v) is 11.1. The van der Waals surface area contributed by atoms with E-state index in [9.17, 15) is 19.7 Å². The summed E-state index contributed by atoms with van der Waals surface area (Å²) in [6, 6.07) is 2.59. The van der Waals surface area contributed by atoms with Crippen LogP contribution in [0.1, 0.15) is 22.5 Å². The fraction of sp³-hybridized carbons (Fsp3) is 0.455. The summed E-state index contributed by atoms with van der Waals surface area (Å²) < 4.78 is 5.16. The van der Waals surface area contributed by atoms with Crippen LogP contribution in [0.5, 0.6) is 0 Å². The van der Waals surface area contributed by atoms with Crippen LogP contribution >= 0.6 is 11.3 Å². The summed E-state index contributed by atoms with van der Waals surface area (Å²) in [5.41, 5.74) is -0.943. The lowest BCUT2D eigenvalue weighted by atomic mass is 9.94. The average Bonchev–Trinajstić information content (AvgIpc) is 2.96. The fourth-order valence-electron chi connectivity index (χ4n) is 2.03. The molecule has 1 aromatic heterocycles. The average molecular weight is 300 g/mol. The monoisotopic (exact) mass is 300 g/mol. The number of ether oxygens (including phenoxy) is 1. The highest BCUT2D eigenvalue weighted by Gasteiger charge is 2.39. The Hall–Kier alpha value is -2.00. The van der Waals surface area contributed by atoms with E-state index < -0.39 is 22.3 Å². The lowest BCUT2D eigenvalue weighted by molar-refractivity contribution is -0.380. The summed E-state index contributed by atoms with van der Waals surface area (Å²) >= 11 is 0.751. The van der Waals surface area contributed by atoms with Gasteiger partial charge in [-0.3, -0.25) is 19.7 Å². The Bertz CT molecular complexity index is 549. The number of nitrogens with one attached hydrogen (secondary N) is 1. The molecule has 2 rings (SSSR count). The molecule has 0 bridgehead atoms. The Labute approximate surface area is 117 Å². The SMILES string of the molecule is O=C(O)CC1(NC(=O)c2ccc([N+](=O)[O-])s2)CCOC1. The van der Waals surface area contributed by atoms with Crippen LogP contribution < -0.4 is 5.32 Å². The van der Waals surface area contributed by atoms with Gasteiger partial charge in [-0.25, -0.2) is 0 Å². The zero-order valence-electron chi connectivity index (χ0n) is 10.3. The van der Waals surface area contributed by atoms with Crippen molar-refractivity contribution in [3.8, 4) is 0 Å². The molecule has 0 radical (unpaired) electrons. The lowest BCUT2D eigenvalue weighted by Crippen LogP contribution is -2.50. The van der Waals surface area contributed by atoms with E-state index >= 15 is 0 Å². The van der Waals surface area contributed by atoms with E-state index in [0.717, 1.165) is 11.3 Å². The molecule has 1 amide bonds. The summed E-state index contributed by atoms with van der Waals surface area (Å²) in [7, 11) is 0. The number of nitro groups is 1. The van der Waals surface area contributed by atoms with Crippen LogP contribution in [0.25, 0.3) is 0 Å². The molecule has 1 saturated heterocycles. The third-order valence-electron chi connectivity index (χ3n) is 2.97. The van der Waals surface area contributed by atoms with Gasteiger partial charge in [0.25, 0.3) is 5.91 Å². The number of carboxylic acids is 1. The zero-order chi connectivity index (χ0) is 14.8. The van der Waals surface area contributed by atoms with Gasteiger partial charge in [-0.2, -0.15) is 0 Å². The molecule has 1 aliphatic heterocycles. The number of hydrogen-bond donors (Lipinski definition) is 2. The molecular weight excluding hydrogens is 288 g/mol. The second kappa shape index (κ2) is 5.55. The number of hydrogen-bond acceptors (Lipinski definition) is 6. The lowest BCUT2D eigenvalue weighted by Gasteiger charge is -2.26. The number of carbonyl (C=O) groups is 2. The minimum Gasteiger partial charge on any atom is -0.481 e. The molecule has 108 valence electrons. The summed E-state index contributed by atoms with van der Waals surface area (Å²) in [5, 5.41) is 22.0. The number of aliphatic carboxylic acids is 1. The summed E-state index contributed by atoms with van der Waals surface area (Å²) in [4.78, 5) is 33.1. The van der Waals surface area contributed by atoms with Crippen molar-refractivity contribution in [3.05, 3.63) is 27.1 Å². The highest BCUT2D eigenvalue weighted by atomic mass is 32.1. The molecule has 2 N–H and O–H groups in total. The number of nitrogens with zero attached hydrogens (tertiary/aromatic N) is 1. The van der Waals surface area contributed by atoms with Gasteiger partial charge in [-0.15, -0.1) is 0 Å². The van der Waals surface area contributed by atoms with Gasteiger partial charge in [0.05, 0.1) is 28.4 Å². The first kappa shape index (κ1) is 14.4. The third kappa shape index (κ3) is 3.11. The Morgan fingerprint density at radius 2 is 2.30 bits per heavy atom. The topological polar surface area (TPSA) is 119 Å². The Kier molecular flexibility index (Phi) is 4.00. The van der Waals surface area contributed by atoms with Crippen LogP contribution in [0.4, 0.5) is 5.00 Å². The van der Waals surface area contributed by atoms with Gasteiger partial charge in [-0.05, 0) is 12.5 Å². The molecule has 1 atom stereocenters. The molecule has 0 aromatic carbocycles. The molecule has 1 unspecified atom stereocenters. The molecule has 0 saturated carbocycles. The van der Waals surface area contributed by atoms with E-state index in [4.69, 9.17) is 9.84 Å². The van der Waals surface area contributed by atoms with Crippen LogP contribution in [-0.2, 0) is 9.53 Å². The number of amides is 1. The summed E-state index contributed by atoms with van der Waals surface area (Å²) in [6.45, 7) is 0.497. The van der Waals surface area contributed by atoms with Crippen molar-refractivity contribution >= 4 is 28.2 Å². The fourth-order valence-corrected chi connectivity index (χ4v) is 2.74. The summed E-state index contributed by atoms with van der Waals surface area (Å²) in [5.74, 6) is -1.55. The molecule has 8 nitrogen and oxygen atoms in total. The van der Waals surface area contributed by atoms with Gasteiger partial charge in [0.2, 0.25) is 0 Å². The van der Waals surface area contributed by atoms with Gasteiger partial charge >= 0.3 is 11.0 Å². The number of carbonyl (C=O) groups excluding carboxylic acids is 1. The summed E-state index contributed by atoms with van der Waals surface area (Å²) in [6.07, 6.45) is 0.157. The highest BCUT2D eigenvalue weighted by Crippen LogP contribution is 2.27. The predicted molar refractivity (Wildman–Crippen MR) is 68.9 cm³/mol. The third-order valence-corrected chi connectivity index (χ3v) is 4.00. The smallest absolute Gasteiger partial charge is 0.324 e. The Morgan fingerprint density at radius 3 is 2.80 bits per heavy atom. The molecule has 0 spiro atoms.